The van der Waals surface area contributed by atoms with Crippen molar-refractivity contribution in [2.75, 3.05) is 32.2 Å². The third kappa shape index (κ3) is 20.5. The first-order valence-corrected chi connectivity index (χ1v) is 29.1. The van der Waals surface area contributed by atoms with Crippen LogP contribution in [0.25, 0.3) is 11.1 Å². The molecule has 0 aliphatic carbocycles. The van der Waals surface area contributed by atoms with Gasteiger partial charge in [-0.25, -0.2) is 14.4 Å². The first-order valence-electron chi connectivity index (χ1n) is 27.5. The van der Waals surface area contributed by atoms with Crippen LogP contribution >= 0.6 is 0 Å². The van der Waals surface area contributed by atoms with Crippen molar-refractivity contribution in [3.63, 3.8) is 0 Å². The summed E-state index contributed by atoms with van der Waals surface area (Å²) < 4.78 is 71.2. The Morgan fingerprint density at radius 1 is 0.420 bits per heavy atom. The molecule has 3 N–H and O–H groups in total. The molecule has 0 saturated heterocycles. The minimum atomic E-state index is -4.05. The Bertz CT molecular complexity index is 3060. The Labute approximate surface area is 477 Å². The smallest absolute Gasteiger partial charge is 0.344 e. The molecular weight excluding hydrogens is 1050 g/mol. The lowest BCUT2D eigenvalue weighted by molar-refractivity contribution is -0.160. The molecule has 0 amide bonds. The van der Waals surface area contributed by atoms with Crippen molar-refractivity contribution in [2.24, 2.45) is 0 Å². The second-order valence-corrected chi connectivity index (χ2v) is 23.6. The molecule has 0 bridgehead atoms. The number of carbonyl (C=O) groups excluding carboxylic acids is 3. The zero-order valence-electron chi connectivity index (χ0n) is 48.1. The van der Waals surface area contributed by atoms with Crippen molar-refractivity contribution >= 4 is 28.0 Å². The summed E-state index contributed by atoms with van der Waals surface area (Å²) in [7, 11) is -4.05. The number of hydrogen-bond acceptors (Lipinski definition) is 14. The number of esters is 3. The van der Waals surface area contributed by atoms with E-state index in [1.54, 1.807) is 36.4 Å². The van der Waals surface area contributed by atoms with E-state index in [2.05, 4.69) is 0 Å². The van der Waals surface area contributed by atoms with Gasteiger partial charge in [-0.1, -0.05) is 69.3 Å². The number of ether oxygens (including phenoxy) is 7. The van der Waals surface area contributed by atoms with Crippen LogP contribution in [0.2, 0.25) is 0 Å². The second kappa shape index (κ2) is 28.2. The fourth-order valence-electron chi connectivity index (χ4n) is 8.32. The number of hydrogen-bond donors (Lipinski definition) is 3. The molecule has 16 heteroatoms. The first-order chi connectivity index (χ1) is 38.3. The lowest BCUT2D eigenvalue weighted by Crippen LogP contribution is -2.29. The van der Waals surface area contributed by atoms with E-state index in [-0.39, 0.29) is 50.1 Å². The minimum Gasteiger partial charge on any atom is -0.507 e. The molecule has 6 aromatic rings. The van der Waals surface area contributed by atoms with Crippen molar-refractivity contribution in [2.45, 2.75) is 137 Å². The topological polar surface area (TPSA) is 211 Å². The van der Waals surface area contributed by atoms with Crippen molar-refractivity contribution in [1.29, 1.82) is 0 Å². The van der Waals surface area contributed by atoms with Gasteiger partial charge < -0.3 is 43.4 Å². The molecule has 6 aromatic carbocycles. The monoisotopic (exact) mass is 1130 g/mol. The summed E-state index contributed by atoms with van der Waals surface area (Å²) in [4.78, 5) is 37.6. The summed E-state index contributed by atoms with van der Waals surface area (Å²) in [6.45, 7) is 16.4. The lowest BCUT2D eigenvalue weighted by Gasteiger charge is -2.23. The Morgan fingerprint density at radius 3 is 0.926 bits per heavy atom. The summed E-state index contributed by atoms with van der Waals surface area (Å²) in [5.74, 6) is 0.490. The van der Waals surface area contributed by atoms with E-state index in [0.29, 0.717) is 96.6 Å². The number of aromatic hydroxyl groups is 2. The molecule has 15 nitrogen and oxygen atoms in total. The summed E-state index contributed by atoms with van der Waals surface area (Å²) in [5.41, 5.74) is 5.76. The lowest BCUT2D eigenvalue weighted by atomic mass is 9.89. The average Bonchev–Trinajstić information content (AvgIpc) is 3.49. The Morgan fingerprint density at radius 2 is 0.679 bits per heavy atom. The zero-order chi connectivity index (χ0) is 59.0. The molecule has 0 saturated carbocycles. The number of phenolic OH excluding ortho intramolecular Hbond substituents is 2. The second-order valence-electron chi connectivity index (χ2n) is 22.0. The molecule has 0 spiro atoms. The standard InChI is InChI=1S/C65H78O15S/c1-10-63(4,5)78-58(66)41-75-55-25-17-45(18-26-55)34-51-38-48(37-50(61(51)69)33-44-15-23-54(24-16-44)74-31-13-14-32-81(71,72)73)49-39-52(35-46-19-27-56(28-20-46)76-42-59(67)79-64(6,7)11-2)62(70)53(40-49)36-47-21-29-57(30-22-47)77-43-60(68)80-65(8,9)12-3/h15-30,37-40,69-70H,10-14,31-36,41-43H2,1-9H3,(H,71,72,73). The summed E-state index contributed by atoms with van der Waals surface area (Å²) in [6.07, 6.45) is 3.97. The van der Waals surface area contributed by atoms with Crippen LogP contribution in [0.4, 0.5) is 0 Å². The molecule has 0 aliphatic heterocycles. The number of phenols is 2. The Kier molecular flexibility index (Phi) is 21.8. The van der Waals surface area contributed by atoms with Gasteiger partial charge in [-0.3, -0.25) is 4.55 Å². The van der Waals surface area contributed by atoms with Gasteiger partial charge in [0.1, 0.15) is 51.3 Å². The van der Waals surface area contributed by atoms with E-state index >= 15 is 0 Å². The number of unbranched alkanes of at least 4 members (excludes halogenated alkanes) is 1. The molecule has 0 atom stereocenters. The maximum atomic E-state index is 12.5. The molecular formula is C65H78O15S. The van der Waals surface area contributed by atoms with Crippen LogP contribution in [-0.2, 0) is 64.4 Å². The third-order valence-corrected chi connectivity index (χ3v) is 14.8. The van der Waals surface area contributed by atoms with Crippen molar-refractivity contribution in [1.82, 2.24) is 0 Å². The predicted octanol–water partition coefficient (Wildman–Crippen LogP) is 12.5. The maximum absolute atomic E-state index is 12.5. The van der Waals surface area contributed by atoms with Gasteiger partial charge in [0.05, 0.1) is 12.4 Å². The van der Waals surface area contributed by atoms with E-state index in [1.807, 2.05) is 147 Å². The molecule has 0 aromatic heterocycles. The largest absolute Gasteiger partial charge is 0.507 e. The highest BCUT2D eigenvalue weighted by atomic mass is 32.2. The number of rotatable bonds is 30. The van der Waals surface area contributed by atoms with E-state index in [4.69, 9.17) is 37.7 Å². The molecule has 0 unspecified atom stereocenters. The first kappa shape index (κ1) is 62.6. The summed E-state index contributed by atoms with van der Waals surface area (Å²) in [5, 5.41) is 24.3. The van der Waals surface area contributed by atoms with E-state index in [1.165, 1.54) is 0 Å². The van der Waals surface area contributed by atoms with Gasteiger partial charge in [-0.15, -0.1) is 0 Å². The molecule has 81 heavy (non-hydrogen) atoms. The van der Waals surface area contributed by atoms with Crippen LogP contribution in [0, 0.1) is 0 Å². The predicted molar refractivity (Wildman–Crippen MR) is 311 cm³/mol. The van der Waals surface area contributed by atoms with Gasteiger partial charge >= 0.3 is 17.9 Å². The van der Waals surface area contributed by atoms with Gasteiger partial charge in [-0.05, 0) is 202 Å². The highest BCUT2D eigenvalue weighted by molar-refractivity contribution is 7.85. The zero-order valence-corrected chi connectivity index (χ0v) is 48.9. The molecule has 0 aliphatic rings. The highest BCUT2D eigenvalue weighted by Gasteiger charge is 2.24. The summed E-state index contributed by atoms with van der Waals surface area (Å²) in [6, 6.07) is 37.1. The van der Waals surface area contributed by atoms with Crippen molar-refractivity contribution in [3.05, 3.63) is 166 Å². The van der Waals surface area contributed by atoms with E-state index < -0.39 is 44.8 Å². The Balaban J connectivity index is 1.34. The number of carbonyl (C=O) groups is 3. The average molecular weight is 1130 g/mol. The van der Waals surface area contributed by atoms with Crippen molar-refractivity contribution in [3.8, 4) is 45.6 Å². The van der Waals surface area contributed by atoms with Crippen LogP contribution < -0.4 is 18.9 Å². The van der Waals surface area contributed by atoms with Crippen LogP contribution in [-0.4, -0.2) is 90.1 Å². The molecule has 6 rings (SSSR count). The van der Waals surface area contributed by atoms with Crippen LogP contribution in [0.15, 0.2) is 121 Å². The quantitative estimate of drug-likeness (QED) is 0.0166. The van der Waals surface area contributed by atoms with Gasteiger partial charge in [0.2, 0.25) is 0 Å². The Hall–Kier alpha value is -7.56. The normalized spacial score (nSPS) is 11.9. The molecule has 0 heterocycles. The molecule has 0 fully saturated rings. The minimum absolute atomic E-state index is 0.103. The summed E-state index contributed by atoms with van der Waals surface area (Å²) >= 11 is 0. The van der Waals surface area contributed by atoms with Crippen LogP contribution in [0.5, 0.6) is 34.5 Å². The molecule has 0 radical (unpaired) electrons. The van der Waals surface area contributed by atoms with Crippen LogP contribution in [0.1, 0.15) is 139 Å². The van der Waals surface area contributed by atoms with Crippen molar-refractivity contribution < 1.29 is 70.7 Å². The van der Waals surface area contributed by atoms with Gasteiger partial charge in [0, 0.05) is 25.7 Å². The third-order valence-electron chi connectivity index (χ3n) is 14.0. The fraction of sp³-hybridized carbons (Fsp3) is 0.400. The molecule has 434 valence electrons. The van der Waals surface area contributed by atoms with E-state index in [0.717, 1.165) is 33.4 Å². The number of benzene rings is 6. The van der Waals surface area contributed by atoms with E-state index in [9.17, 15) is 33.0 Å². The highest BCUT2D eigenvalue weighted by Crippen LogP contribution is 2.38. The SMILES string of the molecule is CCC(C)(C)OC(=O)COc1ccc(Cc2cc(-c3cc(Cc4ccc(OCC(=O)OC(C)(C)CC)cc4)c(O)c(Cc4ccc(OCC(=O)OC(C)(C)CC)cc4)c3)cc(Cc3ccc(OCCCCS(=O)(=O)O)cc3)c2O)cc1. The van der Waals surface area contributed by atoms with Gasteiger partial charge in [-0.2, -0.15) is 8.42 Å². The van der Waals surface area contributed by atoms with Gasteiger partial charge in [0.25, 0.3) is 10.1 Å². The maximum Gasteiger partial charge on any atom is 0.344 e. The fourth-order valence-corrected chi connectivity index (χ4v) is 8.89. The van der Waals surface area contributed by atoms with Crippen LogP contribution in [0.3, 0.4) is 0 Å². The van der Waals surface area contributed by atoms with Gasteiger partial charge in [0.15, 0.2) is 19.8 Å².